The number of rotatable bonds is 6. The van der Waals surface area contributed by atoms with E-state index in [4.69, 9.17) is 14.7 Å². The third-order valence-corrected chi connectivity index (χ3v) is 10.0. The molecule has 4 nitrogen and oxygen atoms in total. The molecule has 0 radical (unpaired) electrons. The van der Waals surface area contributed by atoms with Gasteiger partial charge < -0.3 is 4.74 Å². The van der Waals surface area contributed by atoms with E-state index >= 15 is 0 Å². The van der Waals surface area contributed by atoms with Crippen molar-refractivity contribution in [2.75, 3.05) is 0 Å². The fraction of sp³-hybridized carbons (Fsp3) is 0.0426. The van der Waals surface area contributed by atoms with Crippen LogP contribution in [-0.2, 0) is 5.41 Å². The van der Waals surface area contributed by atoms with Crippen molar-refractivity contribution < 1.29 is 4.74 Å². The summed E-state index contributed by atoms with van der Waals surface area (Å²) in [5.74, 6) is 2.36. The predicted molar refractivity (Wildman–Crippen MR) is 208 cm³/mol. The van der Waals surface area contributed by atoms with Gasteiger partial charge >= 0.3 is 0 Å². The molecule has 6 aromatic carbocycles. The molecule has 1 aliphatic carbocycles. The van der Waals surface area contributed by atoms with Gasteiger partial charge in [0.05, 0.1) is 22.5 Å². The van der Waals surface area contributed by atoms with Crippen LogP contribution in [0.15, 0.2) is 175 Å². The molecule has 0 bridgehead atoms. The highest BCUT2D eigenvalue weighted by molar-refractivity contribution is 5.89. The van der Waals surface area contributed by atoms with Crippen LogP contribution in [0.1, 0.15) is 40.6 Å². The van der Waals surface area contributed by atoms with Gasteiger partial charge in [-0.2, -0.15) is 0 Å². The van der Waals surface area contributed by atoms with Crippen molar-refractivity contribution in [3.05, 3.63) is 204 Å². The molecule has 1 spiro atoms. The molecule has 2 heterocycles. The summed E-state index contributed by atoms with van der Waals surface area (Å²) < 4.78 is 6.62. The Balaban J connectivity index is 1.18. The monoisotopic (exact) mass is 655 g/mol. The molecule has 0 N–H and O–H groups in total. The van der Waals surface area contributed by atoms with Crippen LogP contribution in [0.2, 0.25) is 0 Å². The zero-order chi connectivity index (χ0) is 34.4. The van der Waals surface area contributed by atoms with Crippen molar-refractivity contribution in [1.29, 1.82) is 0 Å². The maximum Gasteiger partial charge on any atom is 0.156 e. The average molecular weight is 656 g/mol. The Hall–Kier alpha value is -6.65. The Kier molecular flexibility index (Phi) is 7.36. The molecular weight excluding hydrogens is 623 g/mol. The van der Waals surface area contributed by atoms with Gasteiger partial charge in [-0.25, -0.2) is 9.97 Å². The molecular formula is C47H33N3O. The van der Waals surface area contributed by atoms with Crippen molar-refractivity contribution in [3.63, 3.8) is 0 Å². The smallest absolute Gasteiger partial charge is 0.156 e. The fourth-order valence-electron chi connectivity index (χ4n) is 7.67. The second kappa shape index (κ2) is 12.3. The number of aliphatic imine (C=N–C) groups is 1. The SMILES string of the molecule is C=N/C(=C\C=C(/C)c1nc(-c2ccccc2)cc(-c2ccccc2)n1)c1ccc2c(c1)C1(c3ccccc3O2)c2ccccc2-c2ccccc21. The van der Waals surface area contributed by atoms with E-state index in [9.17, 15) is 0 Å². The highest BCUT2D eigenvalue weighted by Crippen LogP contribution is 2.62. The molecule has 51 heavy (non-hydrogen) atoms. The standard InChI is InChI=1S/C47H33N3O/c1-31(46-49-42(32-15-5-3-6-16-32)30-43(50-46)33-17-7-4-8-18-33)25-27-41(48-2)34-26-28-45-40(29-34)47(39-23-13-14-24-44(39)51-45)37-21-11-9-19-35(37)36-20-10-12-22-38(36)47/h3-30H,2H2,1H3/b31-25+,41-27-. The van der Waals surface area contributed by atoms with E-state index in [1.807, 2.05) is 61.5 Å². The molecule has 242 valence electrons. The molecule has 0 unspecified atom stereocenters. The van der Waals surface area contributed by atoms with Gasteiger partial charge in [0.1, 0.15) is 11.5 Å². The molecule has 0 saturated carbocycles. The molecule has 1 aromatic heterocycles. The zero-order valence-electron chi connectivity index (χ0n) is 28.1. The summed E-state index contributed by atoms with van der Waals surface area (Å²) in [4.78, 5) is 14.5. The molecule has 2 aliphatic rings. The summed E-state index contributed by atoms with van der Waals surface area (Å²) in [5, 5.41) is 0. The van der Waals surface area contributed by atoms with Crippen LogP contribution >= 0.6 is 0 Å². The van der Waals surface area contributed by atoms with Crippen LogP contribution in [0.3, 0.4) is 0 Å². The van der Waals surface area contributed by atoms with Gasteiger partial charge in [-0.15, -0.1) is 0 Å². The Morgan fingerprint density at radius 2 is 1.10 bits per heavy atom. The van der Waals surface area contributed by atoms with Gasteiger partial charge in [0.2, 0.25) is 0 Å². The number of aromatic nitrogens is 2. The van der Waals surface area contributed by atoms with Gasteiger partial charge in [0.15, 0.2) is 5.82 Å². The maximum absolute atomic E-state index is 6.62. The van der Waals surface area contributed by atoms with Crippen LogP contribution in [0, 0.1) is 0 Å². The van der Waals surface area contributed by atoms with Crippen LogP contribution in [0.4, 0.5) is 0 Å². The Morgan fingerprint density at radius 3 is 1.71 bits per heavy atom. The largest absolute Gasteiger partial charge is 0.457 e. The summed E-state index contributed by atoms with van der Waals surface area (Å²) in [6.07, 6.45) is 4.04. The van der Waals surface area contributed by atoms with Gasteiger partial charge in [0, 0.05) is 27.8 Å². The molecule has 1 aliphatic heterocycles. The fourth-order valence-corrected chi connectivity index (χ4v) is 7.67. The van der Waals surface area contributed by atoms with Gasteiger partial charge in [-0.05, 0) is 77.9 Å². The number of ether oxygens (including phenoxy) is 1. The van der Waals surface area contributed by atoms with E-state index in [1.54, 1.807) is 0 Å². The van der Waals surface area contributed by atoms with E-state index in [1.165, 1.54) is 22.3 Å². The Bertz CT molecular complexity index is 2430. The first kappa shape index (κ1) is 30.4. The summed E-state index contributed by atoms with van der Waals surface area (Å²) >= 11 is 0. The maximum atomic E-state index is 6.62. The summed E-state index contributed by atoms with van der Waals surface area (Å²) in [5.41, 5.74) is 13.1. The van der Waals surface area contributed by atoms with E-state index in [2.05, 4.69) is 127 Å². The number of allylic oxidation sites excluding steroid dienone is 3. The van der Waals surface area contributed by atoms with Crippen molar-refractivity contribution in [2.24, 2.45) is 4.99 Å². The lowest BCUT2D eigenvalue weighted by Gasteiger charge is -2.39. The van der Waals surface area contributed by atoms with Crippen LogP contribution < -0.4 is 4.74 Å². The number of hydrogen-bond donors (Lipinski definition) is 0. The van der Waals surface area contributed by atoms with Crippen molar-refractivity contribution in [1.82, 2.24) is 9.97 Å². The molecule has 0 fully saturated rings. The second-order valence-corrected chi connectivity index (χ2v) is 12.9. The van der Waals surface area contributed by atoms with Gasteiger partial charge in [0.25, 0.3) is 0 Å². The minimum absolute atomic E-state index is 0.551. The highest BCUT2D eigenvalue weighted by Gasteiger charge is 2.51. The quantitative estimate of drug-likeness (QED) is 0.132. The number of nitrogens with zero attached hydrogens (tertiary/aromatic N) is 3. The lowest BCUT2D eigenvalue weighted by atomic mass is 9.66. The zero-order valence-corrected chi connectivity index (χ0v) is 28.1. The summed E-state index contributed by atoms with van der Waals surface area (Å²) in [7, 11) is 0. The molecule has 9 rings (SSSR count). The molecule has 0 amide bonds. The third kappa shape index (κ3) is 4.95. The first-order valence-electron chi connectivity index (χ1n) is 17.1. The Morgan fingerprint density at radius 1 is 0.569 bits per heavy atom. The predicted octanol–water partition coefficient (Wildman–Crippen LogP) is 11.4. The van der Waals surface area contributed by atoms with E-state index in [0.717, 1.165) is 62.0 Å². The number of benzene rings is 6. The molecule has 0 atom stereocenters. The minimum Gasteiger partial charge on any atom is -0.457 e. The lowest BCUT2D eigenvalue weighted by Crippen LogP contribution is -2.32. The van der Waals surface area contributed by atoms with E-state index in [0.29, 0.717) is 5.82 Å². The van der Waals surface area contributed by atoms with Crippen LogP contribution in [-0.4, -0.2) is 16.7 Å². The third-order valence-electron chi connectivity index (χ3n) is 10.0. The van der Waals surface area contributed by atoms with Crippen LogP contribution in [0.25, 0.3) is 44.9 Å². The second-order valence-electron chi connectivity index (χ2n) is 12.9. The molecule has 4 heteroatoms. The van der Waals surface area contributed by atoms with Crippen LogP contribution in [0.5, 0.6) is 11.5 Å². The topological polar surface area (TPSA) is 47.4 Å². The van der Waals surface area contributed by atoms with Crippen molar-refractivity contribution in [3.8, 4) is 45.1 Å². The average Bonchev–Trinajstić information content (AvgIpc) is 3.49. The van der Waals surface area contributed by atoms with E-state index in [-0.39, 0.29) is 0 Å². The normalized spacial score (nSPS) is 13.8. The summed E-state index contributed by atoms with van der Waals surface area (Å²) in [6, 6.07) is 54.8. The number of para-hydroxylation sites is 1. The van der Waals surface area contributed by atoms with Gasteiger partial charge in [-0.3, -0.25) is 4.99 Å². The van der Waals surface area contributed by atoms with Gasteiger partial charge in [-0.1, -0.05) is 133 Å². The van der Waals surface area contributed by atoms with Crippen molar-refractivity contribution in [2.45, 2.75) is 12.3 Å². The summed E-state index contributed by atoms with van der Waals surface area (Å²) in [6.45, 7) is 6.03. The lowest BCUT2D eigenvalue weighted by molar-refractivity contribution is 0.436. The molecule has 0 saturated heterocycles. The first-order valence-corrected chi connectivity index (χ1v) is 17.1. The first-order chi connectivity index (χ1) is 25.1. The Labute approximate surface area is 297 Å². The number of fused-ring (bicyclic) bond motifs is 9. The minimum atomic E-state index is -0.551. The van der Waals surface area contributed by atoms with E-state index < -0.39 is 5.41 Å². The molecule has 7 aromatic rings. The highest BCUT2D eigenvalue weighted by atomic mass is 16.5. The van der Waals surface area contributed by atoms with Crippen molar-refractivity contribution >= 4 is 18.0 Å². The number of hydrogen-bond acceptors (Lipinski definition) is 4.